The Morgan fingerprint density at radius 2 is 2.00 bits per heavy atom. The summed E-state index contributed by atoms with van der Waals surface area (Å²) >= 11 is 2.98. The van der Waals surface area contributed by atoms with E-state index >= 15 is 0 Å². The van der Waals surface area contributed by atoms with E-state index in [0.29, 0.717) is 17.4 Å². The molecular weight excluding hydrogens is 292 g/mol. The molecule has 0 radical (unpaired) electrons. The summed E-state index contributed by atoms with van der Waals surface area (Å²) in [6.45, 7) is 1.75. The predicted molar refractivity (Wildman–Crippen MR) is 64.2 cm³/mol. The topological polar surface area (TPSA) is 29.1 Å². The second kappa shape index (κ2) is 6.36. The molecule has 0 unspecified atom stereocenters. The van der Waals surface area contributed by atoms with Crippen LogP contribution in [0.15, 0.2) is 16.6 Å². The molecule has 0 aliphatic carbocycles. The molecule has 0 aliphatic heterocycles. The normalized spacial score (nSPS) is 9.41. The van der Waals surface area contributed by atoms with Gasteiger partial charge in [-0.15, -0.1) is 0 Å². The van der Waals surface area contributed by atoms with Gasteiger partial charge >= 0.3 is 0 Å². The van der Waals surface area contributed by atoms with Crippen LogP contribution in [-0.2, 0) is 4.79 Å². The van der Waals surface area contributed by atoms with Gasteiger partial charge in [0.05, 0.1) is 5.56 Å². The first-order chi connectivity index (χ1) is 8.00. The molecule has 0 spiro atoms. The van der Waals surface area contributed by atoms with Gasteiger partial charge in [-0.25, -0.2) is 8.78 Å². The summed E-state index contributed by atoms with van der Waals surface area (Å²) in [5.41, 5.74) is -0.254. The molecule has 0 atom stereocenters. The first kappa shape index (κ1) is 13.7. The third-order valence-corrected chi connectivity index (χ3v) is 2.30. The van der Waals surface area contributed by atoms with Gasteiger partial charge in [-0.05, 0) is 12.1 Å². The van der Waals surface area contributed by atoms with E-state index < -0.39 is 11.6 Å². The van der Waals surface area contributed by atoms with Crippen LogP contribution in [-0.4, -0.2) is 12.5 Å². The minimum absolute atomic E-state index is 0.159. The molecule has 90 valence electrons. The number of benzene rings is 1. The van der Waals surface area contributed by atoms with E-state index in [4.69, 9.17) is 0 Å². The van der Waals surface area contributed by atoms with Gasteiger partial charge in [-0.2, -0.15) is 0 Å². The highest BCUT2D eigenvalue weighted by molar-refractivity contribution is 9.10. The fraction of sp³-hybridized carbons (Fsp3) is 0.250. The molecule has 1 aromatic rings. The minimum Gasteiger partial charge on any atom is -0.355 e. The van der Waals surface area contributed by atoms with Crippen LogP contribution in [0.25, 0.3) is 0 Å². The average molecular weight is 302 g/mol. The van der Waals surface area contributed by atoms with Gasteiger partial charge in [0.25, 0.3) is 0 Å². The summed E-state index contributed by atoms with van der Waals surface area (Å²) in [7, 11) is 0. The maximum Gasteiger partial charge on any atom is 0.216 e. The Morgan fingerprint density at radius 1 is 1.41 bits per heavy atom. The van der Waals surface area contributed by atoms with Gasteiger partial charge in [-0.3, -0.25) is 4.79 Å². The quantitative estimate of drug-likeness (QED) is 0.660. The lowest BCUT2D eigenvalue weighted by molar-refractivity contribution is -0.118. The molecule has 1 N–H and O–H groups in total. The number of carbonyl (C=O) groups is 1. The fourth-order valence-electron chi connectivity index (χ4n) is 1.11. The van der Waals surface area contributed by atoms with Crippen molar-refractivity contribution in [3.63, 3.8) is 0 Å². The zero-order valence-electron chi connectivity index (χ0n) is 9.11. The summed E-state index contributed by atoms with van der Waals surface area (Å²) in [6.07, 6.45) is 0.342. The van der Waals surface area contributed by atoms with Crippen LogP contribution in [0.2, 0.25) is 0 Å². The highest BCUT2D eigenvalue weighted by Crippen LogP contribution is 2.18. The van der Waals surface area contributed by atoms with Crippen LogP contribution in [0.3, 0.4) is 0 Å². The van der Waals surface area contributed by atoms with E-state index in [2.05, 4.69) is 33.1 Å². The number of carbonyl (C=O) groups excluding carboxylic acids is 1. The van der Waals surface area contributed by atoms with Crippen LogP contribution in [0.1, 0.15) is 18.9 Å². The lowest BCUT2D eigenvalue weighted by Crippen LogP contribution is -2.20. The van der Waals surface area contributed by atoms with E-state index in [0.717, 1.165) is 12.1 Å². The van der Waals surface area contributed by atoms with Gasteiger partial charge < -0.3 is 5.32 Å². The second-order valence-electron chi connectivity index (χ2n) is 3.28. The molecule has 0 aliphatic rings. The molecule has 1 amide bonds. The first-order valence-corrected chi connectivity index (χ1v) is 5.68. The molecule has 0 fully saturated rings. The van der Waals surface area contributed by atoms with E-state index in [1.807, 2.05) is 0 Å². The smallest absolute Gasteiger partial charge is 0.216 e. The van der Waals surface area contributed by atoms with Crippen molar-refractivity contribution in [2.24, 2.45) is 0 Å². The molecule has 5 heteroatoms. The van der Waals surface area contributed by atoms with Crippen molar-refractivity contribution in [1.82, 2.24) is 5.32 Å². The predicted octanol–water partition coefficient (Wildman–Crippen LogP) is 2.61. The van der Waals surface area contributed by atoms with E-state index in [9.17, 15) is 13.6 Å². The van der Waals surface area contributed by atoms with Crippen molar-refractivity contribution in [3.05, 3.63) is 33.8 Å². The lowest BCUT2D eigenvalue weighted by atomic mass is 10.2. The van der Waals surface area contributed by atoms with Gasteiger partial charge in [-0.1, -0.05) is 27.8 Å². The molecule has 0 bridgehead atoms. The number of nitrogens with one attached hydrogen (secondary N) is 1. The summed E-state index contributed by atoms with van der Waals surface area (Å²) in [4.78, 5) is 10.5. The summed E-state index contributed by atoms with van der Waals surface area (Å²) < 4.78 is 26.9. The summed E-state index contributed by atoms with van der Waals surface area (Å²) in [5, 5.41) is 2.53. The van der Waals surface area contributed by atoms with Crippen LogP contribution in [0.5, 0.6) is 0 Å². The number of halogens is 3. The zero-order valence-corrected chi connectivity index (χ0v) is 10.7. The van der Waals surface area contributed by atoms with Crippen LogP contribution in [0, 0.1) is 23.5 Å². The van der Waals surface area contributed by atoms with Crippen molar-refractivity contribution in [1.29, 1.82) is 0 Å². The average Bonchev–Trinajstić information content (AvgIpc) is 2.20. The Balaban J connectivity index is 2.69. The summed E-state index contributed by atoms with van der Waals surface area (Å²) in [6, 6.07) is 2.31. The molecule has 1 aromatic carbocycles. The standard InChI is InChI=1S/C12H10BrF2NO/c1-8(17)16-5-3-2-4-10-11(14)6-9(13)7-12(10)15/h6-7H,3,5H2,1H3,(H,16,17). The molecule has 1 rings (SSSR count). The van der Waals surface area contributed by atoms with Gasteiger partial charge in [0.1, 0.15) is 11.6 Å². The third-order valence-electron chi connectivity index (χ3n) is 1.84. The van der Waals surface area contributed by atoms with Crippen molar-refractivity contribution in [3.8, 4) is 11.8 Å². The van der Waals surface area contributed by atoms with E-state index in [1.165, 1.54) is 6.92 Å². The number of amides is 1. The van der Waals surface area contributed by atoms with Crippen molar-refractivity contribution >= 4 is 21.8 Å². The van der Waals surface area contributed by atoms with Crippen molar-refractivity contribution in [2.75, 3.05) is 6.54 Å². The Hall–Kier alpha value is -1.41. The monoisotopic (exact) mass is 301 g/mol. The van der Waals surface area contributed by atoms with Gasteiger partial charge in [0.2, 0.25) is 5.91 Å². The van der Waals surface area contributed by atoms with Crippen molar-refractivity contribution < 1.29 is 13.6 Å². The van der Waals surface area contributed by atoms with Crippen LogP contribution >= 0.6 is 15.9 Å². The number of hydrogen-bond donors (Lipinski definition) is 1. The first-order valence-electron chi connectivity index (χ1n) is 4.88. The Labute approximate surface area is 107 Å². The number of hydrogen-bond acceptors (Lipinski definition) is 1. The molecular formula is C12H10BrF2NO. The fourth-order valence-corrected chi connectivity index (χ4v) is 1.52. The largest absolute Gasteiger partial charge is 0.355 e. The SMILES string of the molecule is CC(=O)NCCC#Cc1c(F)cc(Br)cc1F. The Kier molecular flexibility index (Phi) is 5.11. The summed E-state index contributed by atoms with van der Waals surface area (Å²) in [5.74, 6) is 3.44. The van der Waals surface area contributed by atoms with Crippen LogP contribution < -0.4 is 5.32 Å². The highest BCUT2D eigenvalue weighted by Gasteiger charge is 2.07. The molecule has 0 saturated carbocycles. The van der Waals surface area contributed by atoms with Crippen molar-refractivity contribution in [2.45, 2.75) is 13.3 Å². The number of rotatable bonds is 2. The Bertz CT molecular complexity index is 468. The van der Waals surface area contributed by atoms with Crippen LogP contribution in [0.4, 0.5) is 8.78 Å². The molecule has 0 aromatic heterocycles. The van der Waals surface area contributed by atoms with Gasteiger partial charge in [0.15, 0.2) is 0 Å². The molecule has 0 saturated heterocycles. The molecule has 17 heavy (non-hydrogen) atoms. The van der Waals surface area contributed by atoms with E-state index in [-0.39, 0.29) is 11.5 Å². The Morgan fingerprint density at radius 3 is 2.53 bits per heavy atom. The molecule has 2 nitrogen and oxygen atoms in total. The molecule has 0 heterocycles. The lowest BCUT2D eigenvalue weighted by Gasteiger charge is -1.98. The maximum absolute atomic E-state index is 13.3. The van der Waals surface area contributed by atoms with Gasteiger partial charge in [0, 0.05) is 24.4 Å². The maximum atomic E-state index is 13.3. The minimum atomic E-state index is -0.705. The zero-order chi connectivity index (χ0) is 12.8. The third kappa shape index (κ3) is 4.53. The second-order valence-corrected chi connectivity index (χ2v) is 4.19. The van der Waals surface area contributed by atoms with E-state index in [1.54, 1.807) is 0 Å². The highest BCUT2D eigenvalue weighted by atomic mass is 79.9.